The van der Waals surface area contributed by atoms with Crippen molar-refractivity contribution in [1.82, 2.24) is 9.36 Å². The van der Waals surface area contributed by atoms with Crippen molar-refractivity contribution in [3.05, 3.63) is 40.2 Å². The molecule has 0 saturated carbocycles. The predicted molar refractivity (Wildman–Crippen MR) is 87.4 cm³/mol. The first-order chi connectivity index (χ1) is 9.90. The molecular formula is C14H18N4O2S. The van der Waals surface area contributed by atoms with Crippen LogP contribution in [0.3, 0.4) is 0 Å². The molecule has 0 spiro atoms. The molecular weight excluding hydrogens is 288 g/mol. The molecule has 0 atom stereocenters. The average Bonchev–Trinajstić information content (AvgIpc) is 2.70. The maximum Gasteiger partial charge on any atom is 0.282 e. The molecule has 2 rings (SSSR count). The third kappa shape index (κ3) is 2.45. The largest absolute Gasteiger partial charge is 0.485 e. The van der Waals surface area contributed by atoms with Crippen LogP contribution in [-0.4, -0.2) is 19.6 Å². The lowest BCUT2D eigenvalue weighted by molar-refractivity contribution is 0.438. The van der Waals surface area contributed by atoms with Crippen molar-refractivity contribution in [3.8, 4) is 11.1 Å². The van der Waals surface area contributed by atoms with E-state index in [0.29, 0.717) is 11.1 Å². The summed E-state index contributed by atoms with van der Waals surface area (Å²) in [6, 6.07) is 7.06. The normalized spacial score (nSPS) is 11.0. The van der Waals surface area contributed by atoms with E-state index in [-0.39, 0.29) is 24.0 Å². The quantitative estimate of drug-likeness (QED) is 0.749. The number of anilines is 1. The van der Waals surface area contributed by atoms with Crippen molar-refractivity contribution in [2.24, 2.45) is 5.73 Å². The molecule has 1 heterocycles. The van der Waals surface area contributed by atoms with Gasteiger partial charge in [-0.3, -0.25) is 4.79 Å². The van der Waals surface area contributed by atoms with E-state index in [0.717, 1.165) is 10.2 Å². The van der Waals surface area contributed by atoms with Crippen molar-refractivity contribution in [3.63, 3.8) is 0 Å². The first-order valence-corrected chi connectivity index (χ1v) is 6.95. The van der Waals surface area contributed by atoms with Gasteiger partial charge in [0.2, 0.25) is 0 Å². The van der Waals surface area contributed by atoms with Crippen molar-refractivity contribution in [1.29, 1.82) is 0 Å². The van der Waals surface area contributed by atoms with E-state index in [1.54, 1.807) is 6.07 Å². The number of aliphatic hydroxyl groups is 1. The van der Waals surface area contributed by atoms with Gasteiger partial charge in [0, 0.05) is 12.6 Å². The van der Waals surface area contributed by atoms with E-state index in [1.807, 2.05) is 32.0 Å². The lowest BCUT2D eigenvalue weighted by atomic mass is 10.0. The molecule has 0 fully saturated rings. The van der Waals surface area contributed by atoms with E-state index in [4.69, 9.17) is 23.7 Å². The fourth-order valence-corrected chi connectivity index (χ4v) is 2.58. The Balaban J connectivity index is 2.86. The Morgan fingerprint density at radius 1 is 1.38 bits per heavy atom. The molecule has 0 aliphatic rings. The zero-order valence-corrected chi connectivity index (χ0v) is 12.7. The summed E-state index contributed by atoms with van der Waals surface area (Å²) in [4.78, 5) is 12.7. The van der Waals surface area contributed by atoms with Gasteiger partial charge in [0.1, 0.15) is 5.82 Å². The zero-order chi connectivity index (χ0) is 15.7. The second-order valence-corrected chi connectivity index (χ2v) is 5.32. The summed E-state index contributed by atoms with van der Waals surface area (Å²) in [6.45, 7) is 3.91. The summed E-state index contributed by atoms with van der Waals surface area (Å²) in [6.07, 6.45) is 0. The van der Waals surface area contributed by atoms with Crippen molar-refractivity contribution in [2.75, 3.05) is 5.73 Å². The lowest BCUT2D eigenvalue weighted by Gasteiger charge is -2.12. The van der Waals surface area contributed by atoms with Gasteiger partial charge in [-0.15, -0.1) is 0 Å². The van der Waals surface area contributed by atoms with Crippen LogP contribution in [-0.2, 0) is 6.54 Å². The number of aliphatic hydroxyl groups excluding tert-OH is 1. The third-order valence-electron chi connectivity index (χ3n) is 3.30. The van der Waals surface area contributed by atoms with Crippen molar-refractivity contribution < 1.29 is 5.11 Å². The summed E-state index contributed by atoms with van der Waals surface area (Å²) in [5.41, 5.74) is 13.2. The van der Waals surface area contributed by atoms with Gasteiger partial charge in [0.05, 0.1) is 5.56 Å². The molecule has 1 aromatic heterocycles. The fourth-order valence-electron chi connectivity index (χ4n) is 2.39. The number of aromatic nitrogens is 2. The molecule has 1 aromatic carbocycles. The summed E-state index contributed by atoms with van der Waals surface area (Å²) in [5, 5.41) is 9.21. The summed E-state index contributed by atoms with van der Waals surface area (Å²) >= 11 is 4.79. The van der Waals surface area contributed by atoms with Gasteiger partial charge >= 0.3 is 0 Å². The van der Waals surface area contributed by atoms with Crippen LogP contribution in [0.4, 0.5) is 5.82 Å². The molecule has 112 valence electrons. The van der Waals surface area contributed by atoms with Gasteiger partial charge in [-0.05, 0) is 37.2 Å². The van der Waals surface area contributed by atoms with Crippen molar-refractivity contribution >= 4 is 23.2 Å². The number of nitrogens with zero attached hydrogens (tertiary/aromatic N) is 2. The average molecular weight is 306 g/mol. The van der Waals surface area contributed by atoms with Gasteiger partial charge < -0.3 is 16.6 Å². The van der Waals surface area contributed by atoms with E-state index in [2.05, 4.69) is 0 Å². The summed E-state index contributed by atoms with van der Waals surface area (Å²) < 4.78 is 2.49. The number of nitrogen functional groups attached to an aromatic ring is 1. The highest BCUT2D eigenvalue weighted by Gasteiger charge is 2.24. The molecule has 0 aliphatic carbocycles. The summed E-state index contributed by atoms with van der Waals surface area (Å²) in [5.74, 6) is 0.113. The van der Waals surface area contributed by atoms with Crippen LogP contribution in [0.25, 0.3) is 11.1 Å². The second kappa shape index (κ2) is 5.71. The lowest BCUT2D eigenvalue weighted by Crippen LogP contribution is -2.29. The minimum Gasteiger partial charge on any atom is -0.485 e. The van der Waals surface area contributed by atoms with Crippen molar-refractivity contribution in [2.45, 2.75) is 26.4 Å². The number of hydrogen-bond acceptors (Lipinski definition) is 4. The van der Waals surface area contributed by atoms with E-state index in [9.17, 15) is 9.90 Å². The molecule has 0 amide bonds. The number of hydrogen-bond donors (Lipinski definition) is 3. The van der Waals surface area contributed by atoms with Crippen LogP contribution in [0.1, 0.15) is 25.5 Å². The van der Waals surface area contributed by atoms with Crippen LogP contribution in [0.2, 0.25) is 0 Å². The second-order valence-electron chi connectivity index (χ2n) is 4.96. The number of nitrogens with two attached hydrogens (primary N) is 2. The predicted octanol–water partition coefficient (Wildman–Crippen LogP) is 1.63. The highest BCUT2D eigenvalue weighted by molar-refractivity contribution is 7.80. The molecule has 0 radical (unpaired) electrons. The van der Waals surface area contributed by atoms with E-state index < -0.39 is 5.17 Å². The molecule has 6 nitrogen and oxygen atoms in total. The molecule has 0 saturated heterocycles. The Kier molecular flexibility index (Phi) is 4.15. The first-order valence-electron chi connectivity index (χ1n) is 6.54. The Morgan fingerprint density at radius 2 is 2.00 bits per heavy atom. The molecule has 0 aliphatic heterocycles. The molecule has 5 N–H and O–H groups in total. The fraction of sp³-hybridized carbons (Fsp3) is 0.286. The molecule has 21 heavy (non-hydrogen) atoms. The van der Waals surface area contributed by atoms with Crippen LogP contribution in [0, 0.1) is 0 Å². The number of rotatable bonds is 3. The van der Waals surface area contributed by atoms with Gasteiger partial charge in [0.25, 0.3) is 10.7 Å². The van der Waals surface area contributed by atoms with Crippen LogP contribution in [0.15, 0.2) is 29.1 Å². The summed E-state index contributed by atoms with van der Waals surface area (Å²) in [7, 11) is 0. The molecule has 2 aromatic rings. The Labute approximate surface area is 127 Å². The molecule has 0 bridgehead atoms. The van der Waals surface area contributed by atoms with Gasteiger partial charge in [-0.25, -0.2) is 4.68 Å². The SMILES string of the molecule is CC(C)n1c(=O)c(-c2ccccc2CN)c(N)n1C(O)=S. The van der Waals surface area contributed by atoms with Crippen LogP contribution >= 0.6 is 12.2 Å². The maximum atomic E-state index is 12.7. The topological polar surface area (TPSA) is 99.2 Å². The number of thiocarbonyl (C=S) groups is 1. The van der Waals surface area contributed by atoms with Crippen LogP contribution in [0.5, 0.6) is 0 Å². The zero-order valence-electron chi connectivity index (χ0n) is 11.9. The van der Waals surface area contributed by atoms with E-state index >= 15 is 0 Å². The number of benzene rings is 1. The minimum absolute atomic E-state index is 0.113. The minimum atomic E-state index is -0.463. The third-order valence-corrected chi connectivity index (χ3v) is 3.47. The maximum absolute atomic E-state index is 12.7. The van der Waals surface area contributed by atoms with Crippen LogP contribution < -0.4 is 17.0 Å². The Hall–Kier alpha value is -2.12. The highest BCUT2D eigenvalue weighted by atomic mass is 32.1. The monoisotopic (exact) mass is 306 g/mol. The van der Waals surface area contributed by atoms with Gasteiger partial charge in [-0.2, -0.15) is 4.68 Å². The molecule has 0 unspecified atom stereocenters. The Morgan fingerprint density at radius 3 is 2.48 bits per heavy atom. The Bertz CT molecular complexity index is 746. The van der Waals surface area contributed by atoms with E-state index in [1.165, 1.54) is 4.68 Å². The van der Waals surface area contributed by atoms with Gasteiger partial charge in [0.15, 0.2) is 0 Å². The smallest absolute Gasteiger partial charge is 0.282 e. The standard InChI is InChI=1S/C14H18N4O2S/c1-8(2)17-13(19)11(12(16)18(17)14(20)21)10-6-4-3-5-9(10)7-15/h3-6,8H,7,15-16H2,1-2H3,(H,20,21). The highest BCUT2D eigenvalue weighted by Crippen LogP contribution is 2.27. The first kappa shape index (κ1) is 15.3. The van der Waals surface area contributed by atoms with Gasteiger partial charge in [-0.1, -0.05) is 24.3 Å². The molecule has 7 heteroatoms.